The molecule has 3 nitrogen and oxygen atoms in total. The highest BCUT2D eigenvalue weighted by molar-refractivity contribution is 4.68. The van der Waals surface area contributed by atoms with Crippen LogP contribution in [-0.2, 0) is 4.74 Å². The first-order valence-corrected chi connectivity index (χ1v) is 4.30. The zero-order chi connectivity index (χ0) is 11.2. The molecule has 86 valence electrons. The van der Waals surface area contributed by atoms with Crippen LogP contribution < -0.4 is 0 Å². The van der Waals surface area contributed by atoms with Crippen LogP contribution in [0.25, 0.3) is 0 Å². The monoisotopic (exact) mass is 215 g/mol. The molecule has 0 rings (SSSR count). The lowest BCUT2D eigenvalue weighted by atomic mass is 10.3. The van der Waals surface area contributed by atoms with Gasteiger partial charge in [-0.25, -0.2) is 0 Å². The highest BCUT2D eigenvalue weighted by Gasteiger charge is 2.38. The molecule has 0 aliphatic rings. The SMILES string of the molecule is COCCCN(C)CC(O)C(F)(F)F. The van der Waals surface area contributed by atoms with Gasteiger partial charge in [-0.15, -0.1) is 0 Å². The van der Waals surface area contributed by atoms with Gasteiger partial charge in [-0.2, -0.15) is 13.2 Å². The quantitative estimate of drug-likeness (QED) is 0.667. The van der Waals surface area contributed by atoms with E-state index < -0.39 is 18.8 Å². The van der Waals surface area contributed by atoms with Gasteiger partial charge >= 0.3 is 6.18 Å². The van der Waals surface area contributed by atoms with Gasteiger partial charge in [0.25, 0.3) is 0 Å². The Balaban J connectivity index is 3.66. The summed E-state index contributed by atoms with van der Waals surface area (Å²) in [5, 5.41) is 8.71. The van der Waals surface area contributed by atoms with Crippen molar-refractivity contribution in [1.29, 1.82) is 0 Å². The third-order valence-corrected chi connectivity index (χ3v) is 1.75. The second kappa shape index (κ2) is 6.21. The van der Waals surface area contributed by atoms with E-state index in [0.717, 1.165) is 0 Å². The highest BCUT2D eigenvalue weighted by atomic mass is 19.4. The van der Waals surface area contributed by atoms with Crippen molar-refractivity contribution in [3.05, 3.63) is 0 Å². The maximum atomic E-state index is 11.9. The Hall–Kier alpha value is -0.330. The Labute approximate surface area is 81.5 Å². The summed E-state index contributed by atoms with van der Waals surface area (Å²) < 4.78 is 40.4. The average Bonchev–Trinajstić information content (AvgIpc) is 2.03. The van der Waals surface area contributed by atoms with E-state index in [4.69, 9.17) is 9.84 Å². The van der Waals surface area contributed by atoms with Gasteiger partial charge in [-0.3, -0.25) is 0 Å². The zero-order valence-corrected chi connectivity index (χ0v) is 8.34. The summed E-state index contributed by atoms with van der Waals surface area (Å²) in [6.45, 7) is 0.584. The number of aliphatic hydroxyl groups excluding tert-OH is 1. The highest BCUT2D eigenvalue weighted by Crippen LogP contribution is 2.20. The molecule has 1 atom stereocenters. The Morgan fingerprint density at radius 1 is 1.43 bits per heavy atom. The van der Waals surface area contributed by atoms with E-state index in [9.17, 15) is 13.2 Å². The molecule has 1 unspecified atom stereocenters. The van der Waals surface area contributed by atoms with Crippen molar-refractivity contribution >= 4 is 0 Å². The molecule has 0 saturated heterocycles. The van der Waals surface area contributed by atoms with Crippen molar-refractivity contribution in [3.63, 3.8) is 0 Å². The fourth-order valence-corrected chi connectivity index (χ4v) is 0.969. The summed E-state index contributed by atoms with van der Waals surface area (Å²) in [5.41, 5.74) is 0. The van der Waals surface area contributed by atoms with Crippen molar-refractivity contribution < 1.29 is 23.0 Å². The Bertz CT molecular complexity index is 152. The molecule has 0 saturated carbocycles. The van der Waals surface area contributed by atoms with Crippen LogP contribution in [-0.4, -0.2) is 56.1 Å². The van der Waals surface area contributed by atoms with E-state index in [2.05, 4.69) is 0 Å². The van der Waals surface area contributed by atoms with Gasteiger partial charge in [0.05, 0.1) is 0 Å². The molecular formula is C8H16F3NO2. The van der Waals surface area contributed by atoms with Gasteiger partial charge < -0.3 is 14.7 Å². The first-order valence-electron chi connectivity index (χ1n) is 4.30. The number of alkyl halides is 3. The minimum atomic E-state index is -4.53. The number of halogens is 3. The van der Waals surface area contributed by atoms with E-state index >= 15 is 0 Å². The number of methoxy groups -OCH3 is 1. The average molecular weight is 215 g/mol. The molecule has 0 aliphatic heterocycles. The predicted octanol–water partition coefficient (Wildman–Crippen LogP) is 0.878. The van der Waals surface area contributed by atoms with Crippen molar-refractivity contribution in [2.45, 2.75) is 18.7 Å². The van der Waals surface area contributed by atoms with Crippen molar-refractivity contribution in [2.75, 3.05) is 33.9 Å². The lowest BCUT2D eigenvalue weighted by Crippen LogP contribution is -2.39. The minimum absolute atomic E-state index is 0.396. The summed E-state index contributed by atoms with van der Waals surface area (Å²) in [4.78, 5) is 1.43. The van der Waals surface area contributed by atoms with Crippen molar-refractivity contribution in [3.8, 4) is 0 Å². The van der Waals surface area contributed by atoms with Crippen LogP contribution in [0.15, 0.2) is 0 Å². The van der Waals surface area contributed by atoms with Crippen LogP contribution in [0.2, 0.25) is 0 Å². The number of ether oxygens (including phenoxy) is 1. The molecule has 0 radical (unpaired) electrons. The van der Waals surface area contributed by atoms with E-state index in [-0.39, 0.29) is 0 Å². The van der Waals surface area contributed by atoms with Crippen molar-refractivity contribution in [2.24, 2.45) is 0 Å². The van der Waals surface area contributed by atoms with Crippen LogP contribution in [0.4, 0.5) is 13.2 Å². The van der Waals surface area contributed by atoms with Crippen molar-refractivity contribution in [1.82, 2.24) is 4.90 Å². The zero-order valence-electron chi connectivity index (χ0n) is 8.34. The van der Waals surface area contributed by atoms with Crippen LogP contribution in [0, 0.1) is 0 Å². The second-order valence-electron chi connectivity index (χ2n) is 3.17. The van der Waals surface area contributed by atoms with E-state index in [1.54, 1.807) is 0 Å². The number of nitrogens with zero attached hydrogens (tertiary/aromatic N) is 1. The third kappa shape index (κ3) is 6.17. The molecule has 0 amide bonds. The predicted molar refractivity (Wildman–Crippen MR) is 46.1 cm³/mol. The van der Waals surface area contributed by atoms with Gasteiger partial charge in [0, 0.05) is 26.8 Å². The minimum Gasteiger partial charge on any atom is -0.385 e. The lowest BCUT2D eigenvalue weighted by molar-refractivity contribution is -0.207. The smallest absolute Gasteiger partial charge is 0.385 e. The molecule has 0 fully saturated rings. The van der Waals surface area contributed by atoms with Gasteiger partial charge in [0.2, 0.25) is 0 Å². The maximum absolute atomic E-state index is 11.9. The molecule has 0 aromatic heterocycles. The summed E-state index contributed by atoms with van der Waals surface area (Å²) in [7, 11) is 3.06. The first-order chi connectivity index (χ1) is 6.38. The molecule has 0 spiro atoms. The van der Waals surface area contributed by atoms with Gasteiger partial charge in [-0.1, -0.05) is 0 Å². The van der Waals surface area contributed by atoms with E-state index in [1.807, 2.05) is 0 Å². The van der Waals surface area contributed by atoms with Crippen LogP contribution >= 0.6 is 0 Å². The number of rotatable bonds is 6. The number of hydrogen-bond donors (Lipinski definition) is 1. The third-order valence-electron chi connectivity index (χ3n) is 1.75. The molecule has 14 heavy (non-hydrogen) atoms. The molecule has 1 N–H and O–H groups in total. The lowest BCUT2D eigenvalue weighted by Gasteiger charge is -2.21. The fraction of sp³-hybridized carbons (Fsp3) is 1.00. The second-order valence-corrected chi connectivity index (χ2v) is 3.17. The topological polar surface area (TPSA) is 32.7 Å². The number of likely N-dealkylation sites (N-methyl/N-ethyl adjacent to an activating group) is 1. The van der Waals surface area contributed by atoms with Crippen LogP contribution in [0.1, 0.15) is 6.42 Å². The maximum Gasteiger partial charge on any atom is 0.415 e. The largest absolute Gasteiger partial charge is 0.415 e. The molecule has 0 aromatic rings. The molecule has 0 bridgehead atoms. The summed E-state index contributed by atoms with van der Waals surface area (Å²) in [5.74, 6) is 0. The van der Waals surface area contributed by atoms with Crippen LogP contribution in [0.3, 0.4) is 0 Å². The summed E-state index contributed by atoms with van der Waals surface area (Å²) >= 11 is 0. The number of hydrogen-bond acceptors (Lipinski definition) is 3. The number of aliphatic hydroxyl groups is 1. The van der Waals surface area contributed by atoms with Crippen LogP contribution in [0.5, 0.6) is 0 Å². The summed E-state index contributed by atoms with van der Waals surface area (Å²) in [6.07, 6.45) is -6.15. The normalized spacial score (nSPS) is 14.8. The Morgan fingerprint density at radius 2 is 2.00 bits per heavy atom. The van der Waals surface area contributed by atoms with Gasteiger partial charge in [-0.05, 0) is 13.5 Å². The molecule has 0 aliphatic carbocycles. The molecule has 6 heteroatoms. The molecule has 0 heterocycles. The van der Waals surface area contributed by atoms with Gasteiger partial charge in [0.1, 0.15) is 0 Å². The Morgan fingerprint density at radius 3 is 2.43 bits per heavy atom. The standard InChI is InChI=1S/C8H16F3NO2/c1-12(4-3-5-14-2)6-7(13)8(9,10)11/h7,13H,3-6H2,1-2H3. The van der Waals surface area contributed by atoms with Gasteiger partial charge in [0.15, 0.2) is 6.10 Å². The van der Waals surface area contributed by atoms with E-state index in [0.29, 0.717) is 19.6 Å². The summed E-state index contributed by atoms with van der Waals surface area (Å²) in [6, 6.07) is 0. The Kier molecular flexibility index (Phi) is 6.06. The van der Waals surface area contributed by atoms with E-state index in [1.165, 1.54) is 19.1 Å². The fourth-order valence-electron chi connectivity index (χ4n) is 0.969. The first kappa shape index (κ1) is 13.7. The molecular weight excluding hydrogens is 199 g/mol. The molecule has 0 aromatic carbocycles.